The van der Waals surface area contributed by atoms with Gasteiger partial charge in [-0.3, -0.25) is 0 Å². The first kappa shape index (κ1) is 16.2. The van der Waals surface area contributed by atoms with Crippen molar-refractivity contribution in [3.63, 3.8) is 0 Å². The first-order valence-electron chi connectivity index (χ1n) is 6.53. The second-order valence-electron chi connectivity index (χ2n) is 6.52. The molecule has 108 valence electrons. The minimum atomic E-state index is -3.18. The molecule has 3 nitrogen and oxygen atoms in total. The standard InChI is InChI=1S/C15H25NO2S/c1-11-6-12(2)8-13(7-11)9-19(17,18)10-14(16)15(3,4)5/h6-8,14H,9-10,16H2,1-5H3. The maximum atomic E-state index is 12.2. The van der Waals surface area contributed by atoms with Crippen LogP contribution in [0.15, 0.2) is 18.2 Å². The lowest BCUT2D eigenvalue weighted by Crippen LogP contribution is -2.41. The lowest BCUT2D eigenvalue weighted by Gasteiger charge is -2.26. The lowest BCUT2D eigenvalue weighted by atomic mass is 9.89. The summed E-state index contributed by atoms with van der Waals surface area (Å²) in [6.45, 7) is 9.84. The maximum absolute atomic E-state index is 12.2. The molecule has 0 heterocycles. The van der Waals surface area contributed by atoms with E-state index < -0.39 is 9.84 Å². The van der Waals surface area contributed by atoms with E-state index in [2.05, 4.69) is 0 Å². The van der Waals surface area contributed by atoms with Gasteiger partial charge in [0.25, 0.3) is 0 Å². The van der Waals surface area contributed by atoms with Gasteiger partial charge in [0, 0.05) is 6.04 Å². The summed E-state index contributed by atoms with van der Waals surface area (Å²) in [4.78, 5) is 0. The molecule has 1 aromatic carbocycles. The summed E-state index contributed by atoms with van der Waals surface area (Å²) in [7, 11) is -3.18. The van der Waals surface area contributed by atoms with Gasteiger partial charge in [-0.2, -0.15) is 0 Å². The first-order valence-corrected chi connectivity index (χ1v) is 8.35. The molecule has 19 heavy (non-hydrogen) atoms. The fraction of sp³-hybridized carbons (Fsp3) is 0.600. The summed E-state index contributed by atoms with van der Waals surface area (Å²) in [5.74, 6) is 0.1000. The summed E-state index contributed by atoms with van der Waals surface area (Å²) in [6, 6.07) is 5.54. The van der Waals surface area contributed by atoms with Crippen LogP contribution in [0.2, 0.25) is 0 Å². The summed E-state index contributed by atoms with van der Waals surface area (Å²) < 4.78 is 24.4. The van der Waals surface area contributed by atoms with Crippen molar-refractivity contribution in [3.8, 4) is 0 Å². The Balaban J connectivity index is 2.85. The highest BCUT2D eigenvalue weighted by Crippen LogP contribution is 2.20. The molecule has 0 amide bonds. The number of hydrogen-bond acceptors (Lipinski definition) is 3. The van der Waals surface area contributed by atoms with Crippen LogP contribution in [-0.4, -0.2) is 20.2 Å². The van der Waals surface area contributed by atoms with E-state index in [1.54, 1.807) is 0 Å². The molecule has 2 N–H and O–H groups in total. The Hall–Kier alpha value is -0.870. The molecule has 0 aliphatic heterocycles. The topological polar surface area (TPSA) is 60.2 Å². The molecule has 0 aliphatic carbocycles. The Morgan fingerprint density at radius 2 is 1.58 bits per heavy atom. The average Bonchev–Trinajstić information content (AvgIpc) is 2.11. The maximum Gasteiger partial charge on any atom is 0.155 e. The Labute approximate surface area is 117 Å². The quantitative estimate of drug-likeness (QED) is 0.924. The molecule has 0 aromatic heterocycles. The Kier molecular flexibility index (Phi) is 4.80. The fourth-order valence-corrected chi connectivity index (χ4v) is 3.83. The van der Waals surface area contributed by atoms with Gasteiger partial charge in [-0.05, 0) is 24.8 Å². The molecule has 1 aromatic rings. The van der Waals surface area contributed by atoms with E-state index in [9.17, 15) is 8.42 Å². The monoisotopic (exact) mass is 283 g/mol. The lowest BCUT2D eigenvalue weighted by molar-refractivity contribution is 0.340. The first-order chi connectivity index (χ1) is 8.49. The molecule has 0 radical (unpaired) electrons. The third-order valence-electron chi connectivity index (χ3n) is 3.21. The number of rotatable bonds is 4. The zero-order valence-corrected chi connectivity index (χ0v) is 13.3. The van der Waals surface area contributed by atoms with Gasteiger partial charge in [0.05, 0.1) is 11.5 Å². The van der Waals surface area contributed by atoms with Crippen LogP contribution in [0.3, 0.4) is 0 Å². The van der Waals surface area contributed by atoms with Crippen LogP contribution < -0.4 is 5.73 Å². The van der Waals surface area contributed by atoms with E-state index in [1.807, 2.05) is 52.8 Å². The molecular weight excluding hydrogens is 258 g/mol. The van der Waals surface area contributed by atoms with Crippen LogP contribution in [0.25, 0.3) is 0 Å². The van der Waals surface area contributed by atoms with Gasteiger partial charge in [0.2, 0.25) is 0 Å². The van der Waals surface area contributed by atoms with E-state index in [-0.39, 0.29) is 23.0 Å². The van der Waals surface area contributed by atoms with Crippen molar-refractivity contribution in [1.82, 2.24) is 0 Å². The molecule has 0 fully saturated rings. The highest BCUT2D eigenvalue weighted by Gasteiger charge is 2.26. The summed E-state index contributed by atoms with van der Waals surface area (Å²) in [5, 5.41) is 0. The van der Waals surface area contributed by atoms with Crippen LogP contribution >= 0.6 is 0 Å². The Morgan fingerprint density at radius 3 is 2.00 bits per heavy atom. The van der Waals surface area contributed by atoms with Gasteiger partial charge >= 0.3 is 0 Å². The molecule has 0 spiro atoms. The van der Waals surface area contributed by atoms with E-state index in [4.69, 9.17) is 5.73 Å². The van der Waals surface area contributed by atoms with Gasteiger partial charge in [-0.25, -0.2) is 8.42 Å². The van der Waals surface area contributed by atoms with Gasteiger partial charge in [-0.1, -0.05) is 50.1 Å². The van der Waals surface area contributed by atoms with E-state index >= 15 is 0 Å². The number of hydrogen-bond donors (Lipinski definition) is 1. The molecule has 0 saturated heterocycles. The Morgan fingerprint density at radius 1 is 1.11 bits per heavy atom. The number of benzene rings is 1. The normalized spacial score (nSPS) is 14.4. The second kappa shape index (κ2) is 5.63. The fourth-order valence-electron chi connectivity index (χ4n) is 1.99. The third-order valence-corrected chi connectivity index (χ3v) is 4.85. The van der Waals surface area contributed by atoms with Crippen molar-refractivity contribution < 1.29 is 8.42 Å². The smallest absolute Gasteiger partial charge is 0.155 e. The van der Waals surface area contributed by atoms with E-state index in [1.165, 1.54) is 0 Å². The van der Waals surface area contributed by atoms with Gasteiger partial charge < -0.3 is 5.73 Å². The minimum Gasteiger partial charge on any atom is -0.326 e. The zero-order chi connectivity index (χ0) is 14.8. The number of aryl methyl sites for hydroxylation is 2. The van der Waals surface area contributed by atoms with Gasteiger partial charge in [0.1, 0.15) is 0 Å². The van der Waals surface area contributed by atoms with Crippen LogP contribution in [-0.2, 0) is 15.6 Å². The van der Waals surface area contributed by atoms with Crippen molar-refractivity contribution in [1.29, 1.82) is 0 Å². The predicted molar refractivity (Wildman–Crippen MR) is 80.8 cm³/mol. The number of sulfone groups is 1. The van der Waals surface area contributed by atoms with Crippen LogP contribution in [0.4, 0.5) is 0 Å². The predicted octanol–water partition coefficient (Wildman–Crippen LogP) is 2.59. The molecule has 4 heteroatoms. The minimum absolute atomic E-state index is 0.0312. The average molecular weight is 283 g/mol. The van der Waals surface area contributed by atoms with Gasteiger partial charge in [-0.15, -0.1) is 0 Å². The highest BCUT2D eigenvalue weighted by atomic mass is 32.2. The SMILES string of the molecule is Cc1cc(C)cc(CS(=O)(=O)CC(N)C(C)(C)C)c1. The number of nitrogens with two attached hydrogens (primary N) is 1. The second-order valence-corrected chi connectivity index (χ2v) is 8.63. The van der Waals surface area contributed by atoms with Crippen molar-refractivity contribution in [2.45, 2.75) is 46.4 Å². The van der Waals surface area contributed by atoms with Crippen molar-refractivity contribution in [3.05, 3.63) is 34.9 Å². The zero-order valence-electron chi connectivity index (χ0n) is 12.5. The van der Waals surface area contributed by atoms with E-state index in [0.29, 0.717) is 0 Å². The molecular formula is C15H25NO2S. The molecule has 1 unspecified atom stereocenters. The molecule has 0 saturated carbocycles. The summed E-state index contributed by atoms with van der Waals surface area (Å²) in [6.07, 6.45) is 0. The molecule has 0 aliphatic rings. The van der Waals surface area contributed by atoms with Crippen molar-refractivity contribution in [2.24, 2.45) is 11.1 Å². The largest absolute Gasteiger partial charge is 0.326 e. The third kappa shape index (κ3) is 5.33. The van der Waals surface area contributed by atoms with E-state index in [0.717, 1.165) is 16.7 Å². The molecule has 0 bridgehead atoms. The van der Waals surface area contributed by atoms with Crippen molar-refractivity contribution in [2.75, 3.05) is 5.75 Å². The van der Waals surface area contributed by atoms with Crippen molar-refractivity contribution >= 4 is 9.84 Å². The molecule has 1 atom stereocenters. The van der Waals surface area contributed by atoms with Crippen LogP contribution in [0.5, 0.6) is 0 Å². The van der Waals surface area contributed by atoms with Gasteiger partial charge in [0.15, 0.2) is 9.84 Å². The summed E-state index contributed by atoms with van der Waals surface area (Å²) >= 11 is 0. The summed E-state index contributed by atoms with van der Waals surface area (Å²) in [5.41, 5.74) is 8.79. The molecule has 1 rings (SSSR count). The van der Waals surface area contributed by atoms with Crippen LogP contribution in [0, 0.1) is 19.3 Å². The Bertz CT molecular complexity index is 522. The highest BCUT2D eigenvalue weighted by molar-refractivity contribution is 7.90. The van der Waals surface area contributed by atoms with Crippen LogP contribution in [0.1, 0.15) is 37.5 Å².